The topological polar surface area (TPSA) is 122 Å². The van der Waals surface area contributed by atoms with Crippen LogP contribution in [0.4, 0.5) is 25.8 Å². The molecule has 1 aliphatic heterocycles. The first kappa shape index (κ1) is 33.4. The van der Waals surface area contributed by atoms with E-state index in [-0.39, 0.29) is 30.4 Å². The first-order chi connectivity index (χ1) is 20.8. The summed E-state index contributed by atoms with van der Waals surface area (Å²) in [5, 5.41) is 6.93. The number of anilines is 2. The van der Waals surface area contributed by atoms with Crippen LogP contribution in [0.25, 0.3) is 10.4 Å². The summed E-state index contributed by atoms with van der Waals surface area (Å²) < 4.78 is 16.1. The lowest BCUT2D eigenvalue weighted by molar-refractivity contribution is 0.0240. The third kappa shape index (κ3) is 9.48. The number of hydrogen-bond acceptors (Lipinski definition) is 9. The van der Waals surface area contributed by atoms with Crippen molar-refractivity contribution in [1.82, 2.24) is 15.2 Å². The van der Waals surface area contributed by atoms with Gasteiger partial charge in [-0.1, -0.05) is 0 Å². The molecule has 1 aromatic carbocycles. The fourth-order valence-corrected chi connectivity index (χ4v) is 6.52. The number of aromatic nitrogens is 1. The second kappa shape index (κ2) is 14.5. The van der Waals surface area contributed by atoms with Crippen LogP contribution >= 0.6 is 11.3 Å². The number of carbonyl (C=O) groups is 3. The van der Waals surface area contributed by atoms with Gasteiger partial charge in [-0.05, 0) is 92.3 Å². The van der Waals surface area contributed by atoms with Crippen molar-refractivity contribution in [3.8, 4) is 10.4 Å². The number of carbonyl (C=O) groups excluding carboxylic acids is 3. The molecule has 2 aliphatic rings. The number of ether oxygens (including phenoxy) is 3. The van der Waals surface area contributed by atoms with Crippen molar-refractivity contribution >= 4 is 41.0 Å². The molecule has 3 amide bonds. The molecule has 0 radical (unpaired) electrons. The fourth-order valence-electron chi connectivity index (χ4n) is 5.40. The van der Waals surface area contributed by atoms with Crippen LogP contribution in [-0.4, -0.2) is 78.2 Å². The highest BCUT2D eigenvalue weighted by atomic mass is 32.1. The van der Waals surface area contributed by atoms with Gasteiger partial charge >= 0.3 is 18.3 Å². The molecule has 1 aromatic heterocycles. The second-order valence-corrected chi connectivity index (χ2v) is 14.0. The SMILES string of the molecule is CC(C)OC(=O)Nc1ccc(-c2cnc(C3CCC(NC(=O)OC(C)C)CC3)s2)c(N2CCN(C(=O)OC(C)(C)C)CC2)c1. The number of nitrogens with zero attached hydrogens (tertiary/aromatic N) is 3. The van der Waals surface area contributed by atoms with Gasteiger partial charge in [-0.3, -0.25) is 5.32 Å². The number of thiazole rings is 1. The highest BCUT2D eigenvalue weighted by Gasteiger charge is 2.29. The number of benzene rings is 1. The van der Waals surface area contributed by atoms with Gasteiger partial charge in [0, 0.05) is 61.3 Å². The molecule has 1 saturated heterocycles. The molecule has 1 aliphatic carbocycles. The Labute approximate surface area is 264 Å². The molecule has 44 heavy (non-hydrogen) atoms. The Bertz CT molecular complexity index is 1290. The average Bonchev–Trinajstić information content (AvgIpc) is 3.42. The van der Waals surface area contributed by atoms with Crippen molar-refractivity contribution in [3.05, 3.63) is 29.4 Å². The van der Waals surface area contributed by atoms with E-state index >= 15 is 0 Å². The number of piperazine rings is 1. The van der Waals surface area contributed by atoms with Crippen LogP contribution in [0.3, 0.4) is 0 Å². The highest BCUT2D eigenvalue weighted by molar-refractivity contribution is 7.15. The quantitative estimate of drug-likeness (QED) is 0.315. The van der Waals surface area contributed by atoms with Gasteiger partial charge in [0.2, 0.25) is 0 Å². The Morgan fingerprint density at radius 3 is 2.18 bits per heavy atom. The van der Waals surface area contributed by atoms with Gasteiger partial charge in [-0.2, -0.15) is 0 Å². The predicted molar refractivity (Wildman–Crippen MR) is 173 cm³/mol. The molecule has 4 rings (SSSR count). The monoisotopic (exact) mass is 629 g/mol. The maximum Gasteiger partial charge on any atom is 0.411 e. The van der Waals surface area contributed by atoms with Gasteiger partial charge < -0.3 is 29.3 Å². The largest absolute Gasteiger partial charge is 0.447 e. The molecular formula is C32H47N5O6S. The van der Waals surface area contributed by atoms with Crippen molar-refractivity contribution in [2.24, 2.45) is 0 Å². The van der Waals surface area contributed by atoms with Gasteiger partial charge in [0.25, 0.3) is 0 Å². The van der Waals surface area contributed by atoms with Gasteiger partial charge in [0.1, 0.15) is 5.60 Å². The lowest BCUT2D eigenvalue weighted by Crippen LogP contribution is -2.50. The summed E-state index contributed by atoms with van der Waals surface area (Å²) in [4.78, 5) is 46.9. The molecule has 1 saturated carbocycles. The van der Waals surface area contributed by atoms with E-state index in [0.717, 1.165) is 46.8 Å². The smallest absolute Gasteiger partial charge is 0.411 e. The Morgan fingerprint density at radius 2 is 1.57 bits per heavy atom. The number of alkyl carbamates (subject to hydrolysis) is 1. The van der Waals surface area contributed by atoms with Crippen molar-refractivity contribution in [2.75, 3.05) is 36.4 Å². The Morgan fingerprint density at radius 1 is 0.932 bits per heavy atom. The summed E-state index contributed by atoms with van der Waals surface area (Å²) >= 11 is 1.69. The lowest BCUT2D eigenvalue weighted by Gasteiger charge is -2.37. The van der Waals surface area contributed by atoms with E-state index < -0.39 is 11.7 Å². The summed E-state index contributed by atoms with van der Waals surface area (Å²) in [7, 11) is 0. The van der Waals surface area contributed by atoms with E-state index in [9.17, 15) is 14.4 Å². The highest BCUT2D eigenvalue weighted by Crippen LogP contribution is 2.41. The van der Waals surface area contributed by atoms with Crippen molar-refractivity contribution in [3.63, 3.8) is 0 Å². The van der Waals surface area contributed by atoms with E-state index in [4.69, 9.17) is 19.2 Å². The van der Waals surface area contributed by atoms with E-state index in [0.29, 0.717) is 37.8 Å². The first-order valence-electron chi connectivity index (χ1n) is 15.5. The summed E-state index contributed by atoms with van der Waals surface area (Å²) in [6, 6.07) is 5.97. The van der Waals surface area contributed by atoms with Crippen LogP contribution in [0.2, 0.25) is 0 Å². The van der Waals surface area contributed by atoms with Gasteiger partial charge in [-0.15, -0.1) is 11.3 Å². The third-order valence-corrected chi connectivity index (χ3v) is 8.58. The fraction of sp³-hybridized carbons (Fsp3) is 0.625. The van der Waals surface area contributed by atoms with Gasteiger partial charge in [0.05, 0.1) is 22.1 Å². The Balaban J connectivity index is 1.49. The molecular weight excluding hydrogens is 582 g/mol. The zero-order valence-electron chi connectivity index (χ0n) is 27.0. The standard InChI is InChI=1S/C32H47N5O6S/c1-20(2)41-29(38)34-23-10-8-22(9-11-23)28-33-19-27(44-28)25-13-12-24(35-30(39)42-21(3)4)18-26(25)36-14-16-37(17-15-36)31(40)43-32(5,6)7/h12-13,18-23H,8-11,14-17H2,1-7H3,(H,34,38)(H,35,39). The minimum absolute atomic E-state index is 0.116. The predicted octanol–water partition coefficient (Wildman–Crippen LogP) is 6.98. The molecule has 2 N–H and O–H groups in total. The van der Waals surface area contributed by atoms with E-state index in [1.54, 1.807) is 16.2 Å². The molecule has 2 heterocycles. The molecule has 242 valence electrons. The summed E-state index contributed by atoms with van der Waals surface area (Å²) in [6.45, 7) is 15.2. The second-order valence-electron chi connectivity index (χ2n) is 13.0. The van der Waals surface area contributed by atoms with Crippen LogP contribution in [0.1, 0.15) is 85.1 Å². The van der Waals surface area contributed by atoms with Gasteiger partial charge in [0.15, 0.2) is 0 Å². The Kier molecular flexibility index (Phi) is 11.0. The summed E-state index contributed by atoms with van der Waals surface area (Å²) in [6.07, 6.45) is 4.05. The van der Waals surface area contributed by atoms with Gasteiger partial charge in [-0.25, -0.2) is 19.4 Å². The normalized spacial score (nSPS) is 19.1. The average molecular weight is 630 g/mol. The van der Waals surface area contributed by atoms with Crippen LogP contribution in [0, 0.1) is 0 Å². The molecule has 0 atom stereocenters. The van der Waals surface area contributed by atoms with E-state index in [1.807, 2.05) is 72.9 Å². The van der Waals surface area contributed by atoms with Crippen LogP contribution in [0.15, 0.2) is 24.4 Å². The van der Waals surface area contributed by atoms with Crippen LogP contribution < -0.4 is 15.5 Å². The lowest BCUT2D eigenvalue weighted by atomic mass is 9.86. The number of amides is 3. The maximum atomic E-state index is 12.7. The first-order valence-corrected chi connectivity index (χ1v) is 16.4. The van der Waals surface area contributed by atoms with Crippen molar-refractivity contribution < 1.29 is 28.6 Å². The van der Waals surface area contributed by atoms with Crippen molar-refractivity contribution in [1.29, 1.82) is 0 Å². The van der Waals surface area contributed by atoms with Crippen LogP contribution in [0.5, 0.6) is 0 Å². The molecule has 12 heteroatoms. The third-order valence-electron chi connectivity index (χ3n) is 7.39. The number of rotatable bonds is 7. The summed E-state index contributed by atoms with van der Waals surface area (Å²) in [5.41, 5.74) is 2.07. The van der Waals surface area contributed by atoms with Crippen molar-refractivity contribution in [2.45, 2.75) is 104 Å². The molecule has 0 spiro atoms. The van der Waals surface area contributed by atoms with E-state index in [1.165, 1.54) is 0 Å². The molecule has 2 fully saturated rings. The molecule has 2 aromatic rings. The van der Waals surface area contributed by atoms with E-state index in [2.05, 4.69) is 15.5 Å². The minimum atomic E-state index is -0.550. The molecule has 11 nitrogen and oxygen atoms in total. The summed E-state index contributed by atoms with van der Waals surface area (Å²) in [5.74, 6) is 0.334. The van der Waals surface area contributed by atoms with Crippen LogP contribution in [-0.2, 0) is 14.2 Å². The number of nitrogens with one attached hydrogen (secondary N) is 2. The number of hydrogen-bond donors (Lipinski definition) is 2. The molecule has 0 bridgehead atoms. The molecule has 0 unspecified atom stereocenters. The Hall–Kier alpha value is -3.54. The zero-order chi connectivity index (χ0) is 32.0. The minimum Gasteiger partial charge on any atom is -0.447 e. The maximum absolute atomic E-state index is 12.7. The zero-order valence-corrected chi connectivity index (χ0v) is 27.8.